The van der Waals surface area contributed by atoms with Crippen LogP contribution in [0.15, 0.2) is 23.1 Å². The van der Waals surface area contributed by atoms with Gasteiger partial charge in [0.25, 0.3) is 0 Å². The summed E-state index contributed by atoms with van der Waals surface area (Å²) in [4.78, 5) is 10.7. The highest BCUT2D eigenvalue weighted by Crippen LogP contribution is 2.24. The fraction of sp³-hybridized carbons (Fsp3) is 0.182. The minimum atomic E-state index is -4.04. The SMILES string of the molecule is C#CCC(NS(=O)(=O)c1ccc(Cl)c(Cl)c1)C(=O)O. The molecule has 0 bridgehead atoms. The maximum Gasteiger partial charge on any atom is 0.322 e. The Labute approximate surface area is 120 Å². The third-order valence-corrected chi connectivity index (χ3v) is 4.33. The zero-order valence-corrected chi connectivity index (χ0v) is 11.8. The largest absolute Gasteiger partial charge is 0.480 e. The van der Waals surface area contributed by atoms with E-state index in [2.05, 4.69) is 5.92 Å². The minimum absolute atomic E-state index is 0.0494. The Morgan fingerprint density at radius 3 is 2.53 bits per heavy atom. The van der Waals surface area contributed by atoms with E-state index in [1.54, 1.807) is 0 Å². The molecule has 0 spiro atoms. The Hall–Kier alpha value is -1.26. The van der Waals surface area contributed by atoms with Crippen LogP contribution >= 0.6 is 23.2 Å². The molecule has 1 unspecified atom stereocenters. The Morgan fingerprint density at radius 1 is 1.42 bits per heavy atom. The molecule has 5 nitrogen and oxygen atoms in total. The number of carboxylic acid groups (broad SMARTS) is 1. The lowest BCUT2D eigenvalue weighted by Crippen LogP contribution is -2.40. The number of carboxylic acids is 1. The molecular formula is C11H9Cl2NO4S. The molecule has 102 valence electrons. The number of aliphatic carboxylic acids is 1. The quantitative estimate of drug-likeness (QED) is 0.809. The van der Waals surface area contributed by atoms with Gasteiger partial charge in [-0.1, -0.05) is 23.2 Å². The lowest BCUT2D eigenvalue weighted by atomic mass is 10.2. The van der Waals surface area contributed by atoms with Crippen molar-refractivity contribution in [2.45, 2.75) is 17.4 Å². The molecule has 0 aliphatic rings. The lowest BCUT2D eigenvalue weighted by Gasteiger charge is -2.12. The molecule has 1 aromatic rings. The van der Waals surface area contributed by atoms with Gasteiger partial charge < -0.3 is 5.11 Å². The summed E-state index contributed by atoms with van der Waals surface area (Å²) in [6, 6.07) is 2.24. The van der Waals surface area contributed by atoms with Crippen molar-refractivity contribution >= 4 is 39.2 Å². The van der Waals surface area contributed by atoms with Crippen molar-refractivity contribution in [1.29, 1.82) is 0 Å². The molecule has 0 saturated carbocycles. The summed E-state index contributed by atoms with van der Waals surface area (Å²) in [5, 5.41) is 9.09. The summed E-state index contributed by atoms with van der Waals surface area (Å²) in [5.41, 5.74) is 0. The third-order valence-electron chi connectivity index (χ3n) is 2.12. The molecule has 1 rings (SSSR count). The van der Waals surface area contributed by atoms with Gasteiger partial charge >= 0.3 is 5.97 Å². The van der Waals surface area contributed by atoms with E-state index >= 15 is 0 Å². The number of hydrogen-bond acceptors (Lipinski definition) is 3. The molecule has 19 heavy (non-hydrogen) atoms. The van der Waals surface area contributed by atoms with Crippen molar-refractivity contribution in [3.63, 3.8) is 0 Å². The smallest absolute Gasteiger partial charge is 0.322 e. The van der Waals surface area contributed by atoms with E-state index in [0.29, 0.717) is 0 Å². The molecule has 1 atom stereocenters. The van der Waals surface area contributed by atoms with Crippen molar-refractivity contribution in [3.05, 3.63) is 28.2 Å². The number of halogens is 2. The molecule has 0 radical (unpaired) electrons. The Balaban J connectivity index is 3.07. The summed E-state index contributed by atoms with van der Waals surface area (Å²) >= 11 is 11.4. The van der Waals surface area contributed by atoms with Crippen LogP contribution in [0.4, 0.5) is 0 Å². The molecule has 1 aromatic carbocycles. The van der Waals surface area contributed by atoms with Crippen LogP contribution < -0.4 is 4.72 Å². The van der Waals surface area contributed by atoms with Crippen molar-refractivity contribution in [3.8, 4) is 12.3 Å². The Bertz CT molecular complexity index is 637. The van der Waals surface area contributed by atoms with Crippen LogP contribution in [-0.4, -0.2) is 25.5 Å². The van der Waals surface area contributed by atoms with Crippen LogP contribution in [0.5, 0.6) is 0 Å². The number of sulfonamides is 1. The predicted molar refractivity (Wildman–Crippen MR) is 71.7 cm³/mol. The Morgan fingerprint density at radius 2 is 2.05 bits per heavy atom. The van der Waals surface area contributed by atoms with E-state index in [-0.39, 0.29) is 21.4 Å². The summed E-state index contributed by atoms with van der Waals surface area (Å²) < 4.78 is 25.9. The first-order valence-corrected chi connectivity index (χ1v) is 7.15. The molecule has 0 aliphatic heterocycles. The van der Waals surface area contributed by atoms with Crippen LogP contribution in [-0.2, 0) is 14.8 Å². The molecule has 0 saturated heterocycles. The highest BCUT2D eigenvalue weighted by Gasteiger charge is 2.25. The number of carbonyl (C=O) groups is 1. The summed E-state index contributed by atoms with van der Waals surface area (Å²) in [5.74, 6) is 0.729. The fourth-order valence-corrected chi connectivity index (χ4v) is 2.77. The predicted octanol–water partition coefficient (Wildman–Crippen LogP) is 1.75. The molecule has 0 amide bonds. The summed E-state index contributed by atoms with van der Waals surface area (Å²) in [6.07, 6.45) is 4.71. The Kier molecular flexibility index (Phi) is 5.20. The maximum atomic E-state index is 11.9. The lowest BCUT2D eigenvalue weighted by molar-refractivity contribution is -0.138. The first kappa shape index (κ1) is 15.8. The number of nitrogens with one attached hydrogen (secondary N) is 1. The third kappa shape index (κ3) is 4.11. The molecule has 0 heterocycles. The van der Waals surface area contributed by atoms with Crippen molar-refractivity contribution < 1.29 is 18.3 Å². The highest BCUT2D eigenvalue weighted by atomic mass is 35.5. The summed E-state index contributed by atoms with van der Waals surface area (Å²) in [7, 11) is -4.04. The number of terminal acetylenes is 1. The van der Waals surface area contributed by atoms with Gasteiger partial charge in [-0.15, -0.1) is 12.3 Å². The maximum absolute atomic E-state index is 11.9. The van der Waals surface area contributed by atoms with E-state index in [4.69, 9.17) is 34.7 Å². The van der Waals surface area contributed by atoms with Gasteiger partial charge in [-0.3, -0.25) is 4.79 Å². The van der Waals surface area contributed by atoms with Crippen LogP contribution in [0, 0.1) is 12.3 Å². The molecule has 0 aliphatic carbocycles. The monoisotopic (exact) mass is 321 g/mol. The van der Waals surface area contributed by atoms with E-state index in [9.17, 15) is 13.2 Å². The molecular weight excluding hydrogens is 313 g/mol. The van der Waals surface area contributed by atoms with Crippen molar-refractivity contribution in [1.82, 2.24) is 4.72 Å². The normalized spacial score (nSPS) is 12.7. The van der Waals surface area contributed by atoms with Gasteiger partial charge in [0, 0.05) is 6.42 Å². The second-order valence-electron chi connectivity index (χ2n) is 3.50. The average Bonchev–Trinajstić information content (AvgIpc) is 2.31. The van der Waals surface area contributed by atoms with Gasteiger partial charge in [0.15, 0.2) is 0 Å². The first-order chi connectivity index (χ1) is 8.77. The van der Waals surface area contributed by atoms with Crippen molar-refractivity contribution in [2.75, 3.05) is 0 Å². The van der Waals surface area contributed by atoms with Gasteiger partial charge in [-0.05, 0) is 18.2 Å². The molecule has 2 N–H and O–H groups in total. The van der Waals surface area contributed by atoms with Gasteiger partial charge in [0.1, 0.15) is 6.04 Å². The second-order valence-corrected chi connectivity index (χ2v) is 6.02. The molecule has 0 fully saturated rings. The second kappa shape index (κ2) is 6.26. The van der Waals surface area contributed by atoms with E-state index in [0.717, 1.165) is 6.07 Å². The number of hydrogen-bond donors (Lipinski definition) is 2. The van der Waals surface area contributed by atoms with E-state index in [1.807, 2.05) is 4.72 Å². The van der Waals surface area contributed by atoms with Gasteiger partial charge in [-0.2, -0.15) is 4.72 Å². The standard InChI is InChI=1S/C11H9Cl2NO4S/c1-2-3-10(11(15)16)14-19(17,18)7-4-5-8(12)9(13)6-7/h1,4-6,10,14H,3H2,(H,15,16). The van der Waals surface area contributed by atoms with Crippen LogP contribution in [0.1, 0.15) is 6.42 Å². The summed E-state index contributed by atoms with van der Waals surface area (Å²) in [6.45, 7) is 0. The highest BCUT2D eigenvalue weighted by molar-refractivity contribution is 7.89. The van der Waals surface area contributed by atoms with Gasteiger partial charge in [0.05, 0.1) is 14.9 Å². The van der Waals surface area contributed by atoms with Gasteiger partial charge in [-0.25, -0.2) is 8.42 Å². The molecule has 8 heteroatoms. The first-order valence-electron chi connectivity index (χ1n) is 4.91. The van der Waals surface area contributed by atoms with E-state index < -0.39 is 22.0 Å². The minimum Gasteiger partial charge on any atom is -0.480 e. The van der Waals surface area contributed by atoms with Gasteiger partial charge in [0.2, 0.25) is 10.0 Å². The van der Waals surface area contributed by atoms with Crippen LogP contribution in [0.3, 0.4) is 0 Å². The zero-order valence-electron chi connectivity index (χ0n) is 9.43. The van der Waals surface area contributed by atoms with Crippen LogP contribution in [0.25, 0.3) is 0 Å². The molecule has 0 aromatic heterocycles. The topological polar surface area (TPSA) is 83.5 Å². The van der Waals surface area contributed by atoms with Crippen LogP contribution in [0.2, 0.25) is 10.0 Å². The van der Waals surface area contributed by atoms with Crippen molar-refractivity contribution in [2.24, 2.45) is 0 Å². The number of rotatable bonds is 5. The average molecular weight is 322 g/mol. The van der Waals surface area contributed by atoms with E-state index in [1.165, 1.54) is 12.1 Å². The zero-order chi connectivity index (χ0) is 14.6. The fourth-order valence-electron chi connectivity index (χ4n) is 1.20. The number of benzene rings is 1.